The van der Waals surface area contributed by atoms with Crippen LogP contribution in [0.3, 0.4) is 0 Å². The Morgan fingerprint density at radius 3 is 2.68 bits per heavy atom. The summed E-state index contributed by atoms with van der Waals surface area (Å²) in [6.07, 6.45) is 3.39. The molecule has 4 rings (SSSR count). The molecule has 2 N–H and O–H groups in total. The van der Waals surface area contributed by atoms with E-state index in [0.29, 0.717) is 5.92 Å². The van der Waals surface area contributed by atoms with Crippen LogP contribution in [0.15, 0.2) is 30.3 Å². The number of ether oxygens (including phenoxy) is 2. The van der Waals surface area contributed by atoms with Gasteiger partial charge >= 0.3 is 6.03 Å². The molecule has 25 heavy (non-hydrogen) atoms. The van der Waals surface area contributed by atoms with Crippen LogP contribution in [0.4, 0.5) is 4.79 Å². The van der Waals surface area contributed by atoms with Crippen LogP contribution >= 0.6 is 0 Å². The average molecular weight is 344 g/mol. The minimum Gasteiger partial charge on any atom is -0.377 e. The first-order chi connectivity index (χ1) is 12.1. The lowest BCUT2D eigenvalue weighted by Gasteiger charge is -2.54. The van der Waals surface area contributed by atoms with Crippen molar-refractivity contribution in [3.05, 3.63) is 35.9 Å². The van der Waals surface area contributed by atoms with Gasteiger partial charge in [-0.25, -0.2) is 4.79 Å². The highest BCUT2D eigenvalue weighted by Gasteiger charge is 2.59. The number of urea groups is 1. The van der Waals surface area contributed by atoms with E-state index in [1.807, 2.05) is 18.2 Å². The Bertz CT molecular complexity index is 613. The van der Waals surface area contributed by atoms with Crippen LogP contribution in [0.25, 0.3) is 0 Å². The van der Waals surface area contributed by atoms with Gasteiger partial charge in [-0.15, -0.1) is 0 Å². The fourth-order valence-corrected chi connectivity index (χ4v) is 4.86. The summed E-state index contributed by atoms with van der Waals surface area (Å²) >= 11 is 0. The first kappa shape index (κ1) is 16.9. The molecule has 0 unspecified atom stereocenters. The molecular formula is C20H28N2O3. The molecule has 2 saturated heterocycles. The van der Waals surface area contributed by atoms with Gasteiger partial charge in [0.25, 0.3) is 0 Å². The van der Waals surface area contributed by atoms with E-state index in [2.05, 4.69) is 36.6 Å². The summed E-state index contributed by atoms with van der Waals surface area (Å²) in [6.45, 7) is 5.94. The van der Waals surface area contributed by atoms with Gasteiger partial charge in [-0.05, 0) is 24.8 Å². The van der Waals surface area contributed by atoms with E-state index in [0.717, 1.165) is 38.0 Å². The highest BCUT2D eigenvalue weighted by molar-refractivity contribution is 5.75. The minimum absolute atomic E-state index is 0.00932. The van der Waals surface area contributed by atoms with Gasteiger partial charge in [0.2, 0.25) is 0 Å². The lowest BCUT2D eigenvalue weighted by molar-refractivity contribution is -0.108. The maximum atomic E-state index is 12.7. The van der Waals surface area contributed by atoms with E-state index < -0.39 is 0 Å². The van der Waals surface area contributed by atoms with E-state index in [-0.39, 0.29) is 35.7 Å². The molecule has 1 aromatic carbocycles. The average Bonchev–Trinajstić information content (AvgIpc) is 3.29. The molecule has 0 radical (unpaired) electrons. The first-order valence-electron chi connectivity index (χ1n) is 9.42. The van der Waals surface area contributed by atoms with E-state index in [1.54, 1.807) is 0 Å². The number of nitrogens with one attached hydrogen (secondary N) is 2. The molecule has 3 aliphatic rings. The monoisotopic (exact) mass is 344 g/mol. The van der Waals surface area contributed by atoms with E-state index in [4.69, 9.17) is 9.47 Å². The molecule has 1 aromatic rings. The standard InChI is InChI=1S/C20H28N2O3/c1-20(2)17(14-10-12-25-18(14)20)22-19(23)21-16(15-9-6-11-24-15)13-7-4-3-5-8-13/h3-5,7-8,14-18H,6,9-12H2,1-2H3,(H2,21,22,23)/t14-,15-,16+,17+,18-/m0/s1. The zero-order valence-corrected chi connectivity index (χ0v) is 15.0. The largest absolute Gasteiger partial charge is 0.377 e. The van der Waals surface area contributed by atoms with Crippen LogP contribution in [-0.2, 0) is 9.47 Å². The molecule has 3 fully saturated rings. The van der Waals surface area contributed by atoms with Gasteiger partial charge in [0, 0.05) is 30.6 Å². The molecule has 0 aromatic heterocycles. The van der Waals surface area contributed by atoms with Crippen molar-refractivity contribution in [3.8, 4) is 0 Å². The number of rotatable bonds is 4. The van der Waals surface area contributed by atoms with Crippen molar-refractivity contribution in [1.82, 2.24) is 10.6 Å². The van der Waals surface area contributed by atoms with Crippen molar-refractivity contribution < 1.29 is 14.3 Å². The second-order valence-electron chi connectivity index (χ2n) is 8.10. The Balaban J connectivity index is 1.44. The van der Waals surface area contributed by atoms with Crippen LogP contribution in [0, 0.1) is 11.3 Å². The lowest BCUT2D eigenvalue weighted by atomic mass is 9.57. The van der Waals surface area contributed by atoms with Crippen LogP contribution in [-0.4, -0.2) is 37.5 Å². The normalized spacial score (nSPS) is 34.0. The molecule has 0 spiro atoms. The van der Waals surface area contributed by atoms with E-state index in [1.165, 1.54) is 0 Å². The fourth-order valence-electron chi connectivity index (χ4n) is 4.86. The van der Waals surface area contributed by atoms with Crippen LogP contribution in [0.2, 0.25) is 0 Å². The minimum atomic E-state index is -0.109. The highest BCUT2D eigenvalue weighted by Crippen LogP contribution is 2.52. The Hall–Kier alpha value is -1.59. The topological polar surface area (TPSA) is 59.6 Å². The smallest absolute Gasteiger partial charge is 0.315 e. The van der Waals surface area contributed by atoms with Crippen molar-refractivity contribution in [2.45, 2.75) is 57.4 Å². The Kier molecular flexibility index (Phi) is 4.46. The summed E-state index contributed by atoms with van der Waals surface area (Å²) in [6, 6.07) is 10.1. The summed E-state index contributed by atoms with van der Waals surface area (Å²) in [5.74, 6) is 0.443. The van der Waals surface area contributed by atoms with Gasteiger partial charge in [0.1, 0.15) is 0 Å². The molecule has 136 valence electrons. The van der Waals surface area contributed by atoms with Gasteiger partial charge in [-0.1, -0.05) is 44.2 Å². The van der Waals surface area contributed by atoms with Crippen molar-refractivity contribution in [2.24, 2.45) is 11.3 Å². The molecule has 1 saturated carbocycles. The maximum Gasteiger partial charge on any atom is 0.315 e. The summed E-state index contributed by atoms with van der Waals surface area (Å²) in [7, 11) is 0. The Morgan fingerprint density at radius 2 is 1.96 bits per heavy atom. The SMILES string of the molecule is CC1(C)[C@H](NC(=O)N[C@H](c2ccccc2)[C@@H]2CCCO2)[C@@H]2CCO[C@@H]21. The van der Waals surface area contributed by atoms with Crippen molar-refractivity contribution >= 4 is 6.03 Å². The molecule has 5 heteroatoms. The number of fused-ring (bicyclic) bond motifs is 1. The quantitative estimate of drug-likeness (QED) is 0.883. The zero-order valence-electron chi connectivity index (χ0n) is 15.0. The second-order valence-corrected chi connectivity index (χ2v) is 8.10. The Morgan fingerprint density at radius 1 is 1.16 bits per heavy atom. The summed E-state index contributed by atoms with van der Waals surface area (Å²) < 4.78 is 11.7. The number of benzene rings is 1. The number of hydrogen-bond acceptors (Lipinski definition) is 3. The number of carbonyl (C=O) groups excluding carboxylic acids is 1. The third kappa shape index (κ3) is 3.04. The van der Waals surface area contributed by atoms with Crippen molar-refractivity contribution in [2.75, 3.05) is 13.2 Å². The summed E-state index contributed by atoms with van der Waals surface area (Å²) in [4.78, 5) is 12.7. The number of hydrogen-bond donors (Lipinski definition) is 2. The molecular weight excluding hydrogens is 316 g/mol. The predicted octanol–water partition coefficient (Wildman–Crippen LogP) is 3.02. The fraction of sp³-hybridized carbons (Fsp3) is 0.650. The maximum absolute atomic E-state index is 12.7. The van der Waals surface area contributed by atoms with Gasteiger partial charge in [-0.3, -0.25) is 0 Å². The number of carbonyl (C=O) groups is 1. The second kappa shape index (κ2) is 6.61. The molecule has 5 nitrogen and oxygen atoms in total. The van der Waals surface area contributed by atoms with Crippen LogP contribution in [0.1, 0.15) is 44.7 Å². The third-order valence-electron chi connectivity index (χ3n) is 6.17. The van der Waals surface area contributed by atoms with E-state index >= 15 is 0 Å². The van der Waals surface area contributed by atoms with Gasteiger partial charge in [-0.2, -0.15) is 0 Å². The van der Waals surface area contributed by atoms with Gasteiger partial charge in [0.15, 0.2) is 0 Å². The van der Waals surface area contributed by atoms with Gasteiger partial charge in [0.05, 0.1) is 18.2 Å². The molecule has 2 aliphatic heterocycles. The lowest BCUT2D eigenvalue weighted by Crippen LogP contribution is -2.67. The highest BCUT2D eigenvalue weighted by atomic mass is 16.5. The summed E-state index contributed by atoms with van der Waals surface area (Å²) in [5.41, 5.74) is 1.09. The summed E-state index contributed by atoms with van der Waals surface area (Å²) in [5, 5.41) is 6.39. The molecule has 1 aliphatic carbocycles. The zero-order chi connectivity index (χ0) is 17.4. The van der Waals surface area contributed by atoms with Crippen LogP contribution in [0.5, 0.6) is 0 Å². The predicted molar refractivity (Wildman–Crippen MR) is 95.2 cm³/mol. The third-order valence-corrected chi connectivity index (χ3v) is 6.17. The van der Waals surface area contributed by atoms with Crippen molar-refractivity contribution in [1.29, 1.82) is 0 Å². The molecule has 0 bridgehead atoms. The van der Waals surface area contributed by atoms with Crippen molar-refractivity contribution in [3.63, 3.8) is 0 Å². The number of amides is 2. The molecule has 5 atom stereocenters. The molecule has 2 heterocycles. The van der Waals surface area contributed by atoms with Gasteiger partial charge < -0.3 is 20.1 Å². The first-order valence-corrected chi connectivity index (χ1v) is 9.42. The Labute approximate surface area is 149 Å². The van der Waals surface area contributed by atoms with Crippen LogP contribution < -0.4 is 10.6 Å². The van der Waals surface area contributed by atoms with E-state index in [9.17, 15) is 4.79 Å². The molecule has 2 amide bonds.